The quantitative estimate of drug-likeness (QED) is 0.572. The minimum absolute atomic E-state index is 0.178. The van der Waals surface area contributed by atoms with Gasteiger partial charge in [-0.3, -0.25) is 4.79 Å². The molecular formula is C20H22N2O3S2. The molecule has 0 radical (unpaired) electrons. The third-order valence-corrected chi connectivity index (χ3v) is 5.59. The number of thiazole rings is 1. The lowest BCUT2D eigenvalue weighted by molar-refractivity contribution is -0.118. The molecule has 142 valence electrons. The van der Waals surface area contributed by atoms with Crippen LogP contribution in [0.4, 0.5) is 0 Å². The fraction of sp³-hybridized carbons (Fsp3) is 0.300. The highest BCUT2D eigenvalue weighted by Crippen LogP contribution is 2.23. The molecule has 3 aromatic rings. The number of para-hydroxylation sites is 1. The third-order valence-electron chi connectivity index (χ3n) is 3.96. The number of benzene rings is 2. The molecule has 3 rings (SSSR count). The number of nitrogens with zero attached hydrogens (tertiary/aromatic N) is 2. The van der Waals surface area contributed by atoms with E-state index in [1.807, 2.05) is 48.5 Å². The molecule has 5 nitrogen and oxygen atoms in total. The molecule has 0 saturated carbocycles. The molecule has 27 heavy (non-hydrogen) atoms. The van der Waals surface area contributed by atoms with Gasteiger partial charge in [-0.15, -0.1) is 0 Å². The molecule has 0 saturated heterocycles. The predicted octanol–water partition coefficient (Wildman–Crippen LogP) is 3.97. The normalized spacial score (nSPS) is 11.7. The van der Waals surface area contributed by atoms with Gasteiger partial charge in [0.2, 0.25) is 0 Å². The van der Waals surface area contributed by atoms with Gasteiger partial charge in [0.1, 0.15) is 11.5 Å². The van der Waals surface area contributed by atoms with E-state index in [0.29, 0.717) is 6.61 Å². The number of amides is 1. The summed E-state index contributed by atoms with van der Waals surface area (Å²) < 4.78 is 14.1. The highest BCUT2D eigenvalue weighted by molar-refractivity contribution is 7.98. The van der Waals surface area contributed by atoms with Crippen molar-refractivity contribution >= 4 is 39.2 Å². The Morgan fingerprint density at radius 1 is 1.19 bits per heavy atom. The molecule has 0 aliphatic carbocycles. The number of fused-ring (bicyclic) bond motifs is 1. The van der Waals surface area contributed by atoms with Gasteiger partial charge in [0.15, 0.2) is 4.80 Å². The van der Waals surface area contributed by atoms with E-state index in [-0.39, 0.29) is 12.3 Å². The van der Waals surface area contributed by atoms with Gasteiger partial charge in [-0.1, -0.05) is 29.5 Å². The second-order valence-corrected chi connectivity index (χ2v) is 7.77. The number of aryl methyl sites for hydroxylation is 1. The Balaban J connectivity index is 1.79. The van der Waals surface area contributed by atoms with Crippen molar-refractivity contribution in [2.45, 2.75) is 13.0 Å². The third kappa shape index (κ3) is 5.14. The van der Waals surface area contributed by atoms with Crippen LogP contribution in [-0.4, -0.2) is 36.2 Å². The molecule has 2 aromatic carbocycles. The molecular weight excluding hydrogens is 380 g/mol. The van der Waals surface area contributed by atoms with Crippen molar-refractivity contribution in [3.05, 3.63) is 53.3 Å². The standard InChI is InChI=1S/C20H22N2O3S2/c1-24-16-8-9-17-18(14-16)27-20(22(17)11-13-26-2)21-19(23)10-12-25-15-6-4-3-5-7-15/h3-9,14H,10-13H2,1-2H3. The maximum Gasteiger partial charge on any atom is 0.251 e. The van der Waals surface area contributed by atoms with Crippen molar-refractivity contribution in [3.8, 4) is 11.5 Å². The SMILES string of the molecule is COc1ccc2c(c1)sc(=NC(=O)CCOc1ccccc1)n2CCSC. The number of thioether (sulfide) groups is 1. The average molecular weight is 403 g/mol. The van der Waals surface area contributed by atoms with Gasteiger partial charge in [-0.2, -0.15) is 16.8 Å². The molecule has 7 heteroatoms. The van der Waals surface area contributed by atoms with E-state index < -0.39 is 0 Å². The highest BCUT2D eigenvalue weighted by atomic mass is 32.2. The Kier molecular flexibility index (Phi) is 6.95. The van der Waals surface area contributed by atoms with Gasteiger partial charge in [-0.05, 0) is 36.6 Å². The zero-order valence-corrected chi connectivity index (χ0v) is 17.0. The molecule has 0 fully saturated rings. The van der Waals surface area contributed by atoms with Crippen LogP contribution in [0.25, 0.3) is 10.2 Å². The van der Waals surface area contributed by atoms with Crippen molar-refractivity contribution in [1.82, 2.24) is 4.57 Å². The van der Waals surface area contributed by atoms with Crippen LogP contribution in [-0.2, 0) is 11.3 Å². The van der Waals surface area contributed by atoms with E-state index in [2.05, 4.69) is 15.8 Å². The van der Waals surface area contributed by atoms with Crippen molar-refractivity contribution < 1.29 is 14.3 Å². The fourth-order valence-electron chi connectivity index (χ4n) is 2.60. The largest absolute Gasteiger partial charge is 0.497 e. The Labute approximate surface area is 166 Å². The number of aromatic nitrogens is 1. The Morgan fingerprint density at radius 2 is 2.00 bits per heavy atom. The zero-order chi connectivity index (χ0) is 19.1. The number of methoxy groups -OCH3 is 1. The van der Waals surface area contributed by atoms with Gasteiger partial charge in [0, 0.05) is 12.3 Å². The van der Waals surface area contributed by atoms with Gasteiger partial charge in [-0.25, -0.2) is 0 Å². The first-order chi connectivity index (χ1) is 13.2. The molecule has 1 heterocycles. The molecule has 0 atom stereocenters. The van der Waals surface area contributed by atoms with Gasteiger partial charge in [0.05, 0.1) is 30.4 Å². The van der Waals surface area contributed by atoms with E-state index in [1.165, 1.54) is 11.3 Å². The van der Waals surface area contributed by atoms with Crippen LogP contribution in [0, 0.1) is 0 Å². The summed E-state index contributed by atoms with van der Waals surface area (Å²) in [7, 11) is 1.65. The first-order valence-corrected chi connectivity index (χ1v) is 10.8. The van der Waals surface area contributed by atoms with Crippen molar-refractivity contribution in [2.75, 3.05) is 25.7 Å². The lowest BCUT2D eigenvalue weighted by Crippen LogP contribution is -2.18. The summed E-state index contributed by atoms with van der Waals surface area (Å²) in [5, 5.41) is 0. The summed E-state index contributed by atoms with van der Waals surface area (Å²) in [6, 6.07) is 15.4. The van der Waals surface area contributed by atoms with E-state index in [4.69, 9.17) is 9.47 Å². The molecule has 1 amide bonds. The zero-order valence-electron chi connectivity index (χ0n) is 15.4. The summed E-state index contributed by atoms with van der Waals surface area (Å²) in [6.45, 7) is 1.12. The lowest BCUT2D eigenvalue weighted by Gasteiger charge is -2.05. The van der Waals surface area contributed by atoms with Crippen LogP contribution in [0.1, 0.15) is 6.42 Å². The lowest BCUT2D eigenvalue weighted by atomic mass is 10.3. The van der Waals surface area contributed by atoms with Gasteiger partial charge >= 0.3 is 0 Å². The summed E-state index contributed by atoms with van der Waals surface area (Å²) >= 11 is 3.28. The second-order valence-electron chi connectivity index (χ2n) is 5.78. The van der Waals surface area contributed by atoms with E-state index >= 15 is 0 Å². The number of carbonyl (C=O) groups excluding carboxylic acids is 1. The van der Waals surface area contributed by atoms with E-state index in [1.54, 1.807) is 18.9 Å². The van der Waals surface area contributed by atoms with Crippen LogP contribution in [0.2, 0.25) is 0 Å². The Hall–Kier alpha value is -2.25. The Bertz CT molecular complexity index is 964. The average Bonchev–Trinajstić information content (AvgIpc) is 3.03. The molecule has 0 N–H and O–H groups in total. The van der Waals surface area contributed by atoms with Crippen molar-refractivity contribution in [3.63, 3.8) is 0 Å². The van der Waals surface area contributed by atoms with Crippen LogP contribution in [0.15, 0.2) is 53.5 Å². The van der Waals surface area contributed by atoms with E-state index in [9.17, 15) is 4.79 Å². The summed E-state index contributed by atoms with van der Waals surface area (Å²) in [4.78, 5) is 17.4. The first-order valence-electron chi connectivity index (χ1n) is 8.63. The maximum absolute atomic E-state index is 12.3. The summed E-state index contributed by atoms with van der Waals surface area (Å²) in [5.74, 6) is 2.34. The van der Waals surface area contributed by atoms with Crippen LogP contribution >= 0.6 is 23.1 Å². The number of carbonyl (C=O) groups is 1. The smallest absolute Gasteiger partial charge is 0.251 e. The first kappa shape index (κ1) is 19.5. The predicted molar refractivity (Wildman–Crippen MR) is 112 cm³/mol. The second kappa shape index (κ2) is 9.62. The van der Waals surface area contributed by atoms with Gasteiger partial charge < -0.3 is 14.0 Å². The maximum atomic E-state index is 12.3. The van der Waals surface area contributed by atoms with Crippen molar-refractivity contribution in [1.29, 1.82) is 0 Å². The molecule has 1 aromatic heterocycles. The number of rotatable bonds is 8. The van der Waals surface area contributed by atoms with Crippen LogP contribution in [0.5, 0.6) is 11.5 Å². The summed E-state index contributed by atoms with van der Waals surface area (Å²) in [6.07, 6.45) is 2.32. The van der Waals surface area contributed by atoms with E-state index in [0.717, 1.165) is 38.8 Å². The number of hydrogen-bond acceptors (Lipinski definition) is 5. The summed E-state index contributed by atoms with van der Waals surface area (Å²) in [5.41, 5.74) is 1.07. The molecule has 0 aliphatic heterocycles. The monoisotopic (exact) mass is 402 g/mol. The van der Waals surface area contributed by atoms with Crippen molar-refractivity contribution in [2.24, 2.45) is 4.99 Å². The minimum atomic E-state index is -0.178. The molecule has 0 spiro atoms. The molecule has 0 aliphatic rings. The highest BCUT2D eigenvalue weighted by Gasteiger charge is 2.09. The molecule has 0 bridgehead atoms. The number of hydrogen-bond donors (Lipinski definition) is 0. The molecule has 0 unspecified atom stereocenters. The minimum Gasteiger partial charge on any atom is -0.497 e. The topological polar surface area (TPSA) is 52.8 Å². The van der Waals surface area contributed by atoms with Crippen LogP contribution in [0.3, 0.4) is 0 Å². The Morgan fingerprint density at radius 3 is 2.74 bits per heavy atom. The number of ether oxygens (including phenoxy) is 2. The fourth-order valence-corrected chi connectivity index (χ4v) is 4.07. The van der Waals surface area contributed by atoms with Gasteiger partial charge in [0.25, 0.3) is 5.91 Å². The van der Waals surface area contributed by atoms with Crippen LogP contribution < -0.4 is 14.3 Å².